The minimum atomic E-state index is 0.418. The number of benzene rings is 1. The average molecular weight is 282 g/mol. The second kappa shape index (κ2) is 5.89. The SMILES string of the molecule is CC1Sc2ccccc2N=C1SCCC(N)=S. The summed E-state index contributed by atoms with van der Waals surface area (Å²) in [6.07, 6.45) is 0.776. The highest BCUT2D eigenvalue weighted by Gasteiger charge is 2.19. The summed E-state index contributed by atoms with van der Waals surface area (Å²) in [7, 11) is 0. The van der Waals surface area contributed by atoms with Crippen LogP contribution in [0.25, 0.3) is 0 Å². The van der Waals surface area contributed by atoms with Crippen molar-refractivity contribution in [1.29, 1.82) is 0 Å². The Morgan fingerprint density at radius 2 is 2.29 bits per heavy atom. The minimum absolute atomic E-state index is 0.418. The molecular formula is C12H14N2S3. The molecule has 2 rings (SSSR count). The van der Waals surface area contributed by atoms with Gasteiger partial charge in [-0.3, -0.25) is 0 Å². The Kier molecular flexibility index (Phi) is 4.48. The highest BCUT2D eigenvalue weighted by molar-refractivity contribution is 8.16. The maximum absolute atomic E-state index is 5.49. The van der Waals surface area contributed by atoms with E-state index < -0.39 is 0 Å². The Hall–Kier alpha value is -0.520. The fraction of sp³-hybridized carbons (Fsp3) is 0.333. The second-order valence-electron chi connectivity index (χ2n) is 3.74. The van der Waals surface area contributed by atoms with Crippen LogP contribution in [0.1, 0.15) is 13.3 Å². The molecule has 0 bridgehead atoms. The van der Waals surface area contributed by atoms with Gasteiger partial charge in [0.05, 0.1) is 21.0 Å². The maximum Gasteiger partial charge on any atom is 0.0870 e. The third kappa shape index (κ3) is 3.47. The van der Waals surface area contributed by atoms with Crippen molar-refractivity contribution in [2.45, 2.75) is 23.5 Å². The van der Waals surface area contributed by atoms with E-state index in [2.05, 4.69) is 25.1 Å². The number of aliphatic imine (C=N–C) groups is 1. The first kappa shape index (κ1) is 12.9. The number of nitrogens with two attached hydrogens (primary N) is 1. The van der Waals surface area contributed by atoms with Crippen LogP contribution in [0.5, 0.6) is 0 Å². The lowest BCUT2D eigenvalue weighted by Crippen LogP contribution is -2.15. The summed E-state index contributed by atoms with van der Waals surface area (Å²) < 4.78 is 0. The van der Waals surface area contributed by atoms with Crippen molar-refractivity contribution in [3.8, 4) is 0 Å². The number of hydrogen-bond donors (Lipinski definition) is 1. The third-order valence-electron chi connectivity index (χ3n) is 2.35. The molecule has 1 aliphatic rings. The highest BCUT2D eigenvalue weighted by atomic mass is 32.2. The largest absolute Gasteiger partial charge is 0.393 e. The van der Waals surface area contributed by atoms with E-state index in [1.54, 1.807) is 11.8 Å². The zero-order valence-electron chi connectivity index (χ0n) is 9.55. The van der Waals surface area contributed by atoms with E-state index in [0.29, 0.717) is 10.2 Å². The Balaban J connectivity index is 2.07. The lowest BCUT2D eigenvalue weighted by atomic mass is 10.3. The summed E-state index contributed by atoms with van der Waals surface area (Å²) >= 11 is 8.50. The van der Waals surface area contributed by atoms with E-state index in [4.69, 9.17) is 22.9 Å². The first-order valence-corrected chi connectivity index (χ1v) is 7.69. The van der Waals surface area contributed by atoms with E-state index in [9.17, 15) is 0 Å². The molecule has 0 radical (unpaired) electrons. The molecule has 5 heteroatoms. The van der Waals surface area contributed by atoms with Crippen LogP contribution in [0.3, 0.4) is 0 Å². The van der Waals surface area contributed by atoms with Crippen LogP contribution in [0.2, 0.25) is 0 Å². The molecule has 0 fully saturated rings. The van der Waals surface area contributed by atoms with Gasteiger partial charge in [0.15, 0.2) is 0 Å². The smallest absolute Gasteiger partial charge is 0.0870 e. The van der Waals surface area contributed by atoms with Gasteiger partial charge in [-0.2, -0.15) is 0 Å². The molecule has 2 N–H and O–H groups in total. The van der Waals surface area contributed by atoms with Gasteiger partial charge in [-0.1, -0.05) is 24.4 Å². The highest BCUT2D eigenvalue weighted by Crippen LogP contribution is 2.39. The predicted molar refractivity (Wildman–Crippen MR) is 82.7 cm³/mol. The van der Waals surface area contributed by atoms with Crippen LogP contribution in [-0.2, 0) is 0 Å². The monoisotopic (exact) mass is 282 g/mol. The first-order valence-electron chi connectivity index (χ1n) is 5.42. The summed E-state index contributed by atoms with van der Waals surface area (Å²) in [5.74, 6) is 0.918. The quantitative estimate of drug-likeness (QED) is 0.859. The number of thiocarbonyl (C=S) groups is 1. The van der Waals surface area contributed by atoms with Crippen molar-refractivity contribution in [3.05, 3.63) is 24.3 Å². The molecule has 1 aliphatic heterocycles. The van der Waals surface area contributed by atoms with Crippen LogP contribution in [0.15, 0.2) is 34.2 Å². The fourth-order valence-corrected chi connectivity index (χ4v) is 3.94. The van der Waals surface area contributed by atoms with Gasteiger partial charge in [-0.15, -0.1) is 23.5 Å². The molecule has 1 aromatic rings. The molecule has 1 heterocycles. The van der Waals surface area contributed by atoms with Gasteiger partial charge in [0.1, 0.15) is 0 Å². The van der Waals surface area contributed by atoms with Crippen LogP contribution in [0, 0.1) is 0 Å². The lowest BCUT2D eigenvalue weighted by molar-refractivity contribution is 1.25. The summed E-state index contributed by atoms with van der Waals surface area (Å²) in [4.78, 5) is 6.54. The number of thioether (sulfide) groups is 2. The molecule has 17 heavy (non-hydrogen) atoms. The van der Waals surface area contributed by atoms with Gasteiger partial charge in [-0.05, 0) is 19.1 Å². The fourth-order valence-electron chi connectivity index (χ4n) is 1.51. The number of nitrogens with zero attached hydrogens (tertiary/aromatic N) is 1. The molecule has 0 aromatic heterocycles. The summed E-state index contributed by atoms with van der Waals surface area (Å²) in [5, 5.41) is 1.59. The molecule has 2 nitrogen and oxygen atoms in total. The molecule has 0 saturated carbocycles. The second-order valence-corrected chi connectivity index (χ2v) is 6.76. The van der Waals surface area contributed by atoms with Crippen molar-refractivity contribution in [2.24, 2.45) is 10.7 Å². The number of para-hydroxylation sites is 1. The van der Waals surface area contributed by atoms with E-state index >= 15 is 0 Å². The molecular weight excluding hydrogens is 268 g/mol. The summed E-state index contributed by atoms with van der Waals surface area (Å²) in [6.45, 7) is 2.19. The van der Waals surface area contributed by atoms with Crippen molar-refractivity contribution >= 4 is 51.5 Å². The van der Waals surface area contributed by atoms with Gasteiger partial charge in [-0.25, -0.2) is 4.99 Å². The van der Waals surface area contributed by atoms with Crippen LogP contribution < -0.4 is 5.73 Å². The molecule has 90 valence electrons. The van der Waals surface area contributed by atoms with Crippen LogP contribution in [0.4, 0.5) is 5.69 Å². The van der Waals surface area contributed by atoms with E-state index in [1.165, 1.54) is 9.94 Å². The van der Waals surface area contributed by atoms with Gasteiger partial charge < -0.3 is 5.73 Å². The van der Waals surface area contributed by atoms with Gasteiger partial charge in [0.25, 0.3) is 0 Å². The lowest BCUT2D eigenvalue weighted by Gasteiger charge is -2.20. The molecule has 1 unspecified atom stereocenters. The Morgan fingerprint density at radius 3 is 3.06 bits per heavy atom. The van der Waals surface area contributed by atoms with Crippen molar-refractivity contribution in [1.82, 2.24) is 0 Å². The minimum Gasteiger partial charge on any atom is -0.393 e. The normalized spacial score (nSPS) is 18.4. The first-order chi connectivity index (χ1) is 8.16. The molecule has 1 aromatic carbocycles. The summed E-state index contributed by atoms with van der Waals surface area (Å²) in [5.41, 5.74) is 6.57. The van der Waals surface area contributed by atoms with Gasteiger partial charge in [0.2, 0.25) is 0 Å². The topological polar surface area (TPSA) is 38.4 Å². The van der Waals surface area contributed by atoms with Crippen LogP contribution >= 0.6 is 35.7 Å². The number of rotatable bonds is 3. The predicted octanol–water partition coefficient (Wildman–Crippen LogP) is 3.62. The van der Waals surface area contributed by atoms with Gasteiger partial charge in [0, 0.05) is 17.1 Å². The Morgan fingerprint density at radius 1 is 1.53 bits per heavy atom. The Bertz CT molecular complexity index is 457. The molecule has 1 atom stereocenters. The van der Waals surface area contributed by atoms with Crippen LogP contribution in [-0.4, -0.2) is 21.0 Å². The van der Waals surface area contributed by atoms with E-state index in [-0.39, 0.29) is 0 Å². The molecule has 0 aliphatic carbocycles. The molecule has 0 amide bonds. The summed E-state index contributed by atoms with van der Waals surface area (Å²) in [6, 6.07) is 8.26. The zero-order chi connectivity index (χ0) is 12.3. The average Bonchev–Trinajstić information content (AvgIpc) is 2.29. The zero-order valence-corrected chi connectivity index (χ0v) is 12.0. The van der Waals surface area contributed by atoms with Crippen molar-refractivity contribution < 1.29 is 0 Å². The van der Waals surface area contributed by atoms with Crippen molar-refractivity contribution in [3.63, 3.8) is 0 Å². The van der Waals surface area contributed by atoms with E-state index in [0.717, 1.165) is 17.9 Å². The molecule has 0 spiro atoms. The van der Waals surface area contributed by atoms with Crippen molar-refractivity contribution in [2.75, 3.05) is 5.75 Å². The third-order valence-corrected chi connectivity index (χ3v) is 5.02. The number of fused-ring (bicyclic) bond motifs is 1. The maximum atomic E-state index is 5.49. The van der Waals surface area contributed by atoms with Gasteiger partial charge >= 0.3 is 0 Å². The Labute approximate surface area is 115 Å². The number of hydrogen-bond acceptors (Lipinski definition) is 4. The van der Waals surface area contributed by atoms with E-state index in [1.807, 2.05) is 17.8 Å². The standard InChI is InChI=1S/C12H14N2S3/c1-8-12(16-7-6-11(13)15)14-9-4-2-3-5-10(9)17-8/h2-5,8H,6-7H2,1H3,(H2,13,15). The molecule has 0 saturated heterocycles.